The summed E-state index contributed by atoms with van der Waals surface area (Å²) in [4.78, 5) is 13.5. The van der Waals surface area contributed by atoms with Crippen LogP contribution in [0, 0.1) is 12.7 Å². The summed E-state index contributed by atoms with van der Waals surface area (Å²) in [5, 5.41) is 0. The number of ether oxygens (including phenoxy) is 1. The minimum absolute atomic E-state index is 0.282. The number of amides is 1. The second-order valence-electron chi connectivity index (χ2n) is 5.62. The van der Waals surface area contributed by atoms with E-state index in [1.807, 2.05) is 27.7 Å². The van der Waals surface area contributed by atoms with Crippen molar-refractivity contribution in [3.05, 3.63) is 29.1 Å². The van der Waals surface area contributed by atoms with Crippen molar-refractivity contribution in [2.75, 3.05) is 11.9 Å². The predicted octanol–water partition coefficient (Wildman–Crippen LogP) is 4.07. The van der Waals surface area contributed by atoms with Gasteiger partial charge in [0.2, 0.25) is 0 Å². The van der Waals surface area contributed by atoms with E-state index < -0.39 is 11.7 Å². The highest BCUT2D eigenvalue weighted by Crippen LogP contribution is 2.27. The lowest BCUT2D eigenvalue weighted by atomic mass is 10.0. The van der Waals surface area contributed by atoms with E-state index in [-0.39, 0.29) is 5.82 Å². The monoisotopic (exact) mass is 267 g/mol. The lowest BCUT2D eigenvalue weighted by molar-refractivity contribution is 0.0589. The Hall–Kier alpha value is -1.58. The van der Waals surface area contributed by atoms with E-state index in [0.29, 0.717) is 6.42 Å². The fourth-order valence-corrected chi connectivity index (χ4v) is 1.98. The summed E-state index contributed by atoms with van der Waals surface area (Å²) in [6, 6.07) is 2.89. The Labute approximate surface area is 114 Å². The fourth-order valence-electron chi connectivity index (χ4n) is 1.98. The van der Waals surface area contributed by atoms with E-state index >= 15 is 0 Å². The molecule has 0 saturated heterocycles. The predicted molar refractivity (Wildman–Crippen MR) is 75.2 cm³/mol. The minimum Gasteiger partial charge on any atom is -0.443 e. The van der Waals surface area contributed by atoms with Gasteiger partial charge in [-0.3, -0.25) is 4.90 Å². The zero-order valence-corrected chi connectivity index (χ0v) is 12.5. The molecule has 19 heavy (non-hydrogen) atoms. The average Bonchev–Trinajstić information content (AvgIpc) is 2.24. The standard InChI is InChI=1S/C15H22FNO2/c1-7-11-9-12(16)8-10(2)13(11)17(6)14(18)19-15(3,4)5/h8-9H,7H2,1-6H3. The number of aryl methyl sites for hydroxylation is 2. The van der Waals surface area contributed by atoms with Crippen molar-refractivity contribution in [1.29, 1.82) is 0 Å². The molecule has 0 bridgehead atoms. The van der Waals surface area contributed by atoms with Crippen LogP contribution in [0.15, 0.2) is 12.1 Å². The maximum atomic E-state index is 13.4. The van der Waals surface area contributed by atoms with E-state index in [9.17, 15) is 9.18 Å². The van der Waals surface area contributed by atoms with Gasteiger partial charge in [-0.25, -0.2) is 9.18 Å². The largest absolute Gasteiger partial charge is 0.443 e. The van der Waals surface area contributed by atoms with Crippen molar-refractivity contribution in [1.82, 2.24) is 0 Å². The first-order valence-corrected chi connectivity index (χ1v) is 6.41. The third-order valence-electron chi connectivity index (χ3n) is 2.73. The van der Waals surface area contributed by atoms with Crippen LogP contribution in [0.5, 0.6) is 0 Å². The molecule has 0 spiro atoms. The molecule has 0 saturated carbocycles. The van der Waals surface area contributed by atoms with Crippen LogP contribution in [-0.2, 0) is 11.2 Å². The summed E-state index contributed by atoms with van der Waals surface area (Å²) >= 11 is 0. The summed E-state index contributed by atoms with van der Waals surface area (Å²) in [5.74, 6) is -0.282. The number of carbonyl (C=O) groups excluding carboxylic acids is 1. The Balaban J connectivity index is 3.12. The van der Waals surface area contributed by atoms with Crippen LogP contribution >= 0.6 is 0 Å². The normalized spacial score (nSPS) is 11.3. The summed E-state index contributed by atoms with van der Waals surface area (Å²) in [5.41, 5.74) is 1.69. The SMILES string of the molecule is CCc1cc(F)cc(C)c1N(C)C(=O)OC(C)(C)C. The number of carbonyl (C=O) groups is 1. The van der Waals surface area contributed by atoms with Gasteiger partial charge in [-0.05, 0) is 57.4 Å². The number of anilines is 1. The van der Waals surface area contributed by atoms with Crippen LogP contribution in [0.25, 0.3) is 0 Å². The first kappa shape index (κ1) is 15.5. The minimum atomic E-state index is -0.550. The molecule has 0 N–H and O–H groups in total. The van der Waals surface area contributed by atoms with E-state index in [0.717, 1.165) is 16.8 Å². The summed E-state index contributed by atoms with van der Waals surface area (Å²) in [6.07, 6.45) is 0.220. The van der Waals surface area contributed by atoms with Crippen molar-refractivity contribution in [3.8, 4) is 0 Å². The van der Waals surface area contributed by atoms with Crippen LogP contribution in [0.1, 0.15) is 38.8 Å². The zero-order valence-electron chi connectivity index (χ0n) is 12.5. The van der Waals surface area contributed by atoms with Crippen molar-refractivity contribution < 1.29 is 13.9 Å². The first-order valence-electron chi connectivity index (χ1n) is 6.41. The van der Waals surface area contributed by atoms with Gasteiger partial charge in [-0.1, -0.05) is 6.92 Å². The lowest BCUT2D eigenvalue weighted by Gasteiger charge is -2.27. The molecule has 0 aromatic heterocycles. The first-order chi connectivity index (χ1) is 8.65. The van der Waals surface area contributed by atoms with Gasteiger partial charge in [0.1, 0.15) is 11.4 Å². The number of hydrogen-bond acceptors (Lipinski definition) is 2. The van der Waals surface area contributed by atoms with Gasteiger partial charge in [-0.15, -0.1) is 0 Å². The van der Waals surface area contributed by atoms with Crippen LogP contribution in [0.2, 0.25) is 0 Å². The third-order valence-corrected chi connectivity index (χ3v) is 2.73. The molecule has 106 valence electrons. The summed E-state index contributed by atoms with van der Waals surface area (Å²) in [6.45, 7) is 9.17. The van der Waals surface area contributed by atoms with Crippen molar-refractivity contribution >= 4 is 11.8 Å². The number of benzene rings is 1. The molecule has 0 radical (unpaired) electrons. The smallest absolute Gasteiger partial charge is 0.414 e. The van der Waals surface area contributed by atoms with Gasteiger partial charge in [0, 0.05) is 7.05 Å². The van der Waals surface area contributed by atoms with Gasteiger partial charge in [-0.2, -0.15) is 0 Å². The van der Waals surface area contributed by atoms with E-state index in [4.69, 9.17) is 4.74 Å². The van der Waals surface area contributed by atoms with Gasteiger partial charge < -0.3 is 4.74 Å². The summed E-state index contributed by atoms with van der Waals surface area (Å²) in [7, 11) is 1.65. The molecule has 4 heteroatoms. The molecule has 0 aliphatic carbocycles. The van der Waals surface area contributed by atoms with Crippen LogP contribution in [-0.4, -0.2) is 18.7 Å². The number of rotatable bonds is 2. The second kappa shape index (κ2) is 5.59. The molecule has 0 atom stereocenters. The van der Waals surface area contributed by atoms with E-state index in [2.05, 4.69) is 0 Å². The maximum Gasteiger partial charge on any atom is 0.414 e. The molecule has 0 heterocycles. The lowest BCUT2D eigenvalue weighted by Crippen LogP contribution is -2.35. The van der Waals surface area contributed by atoms with Gasteiger partial charge >= 0.3 is 6.09 Å². The Bertz CT molecular complexity index is 478. The Morgan fingerprint density at radius 2 is 1.95 bits per heavy atom. The van der Waals surface area contributed by atoms with Crippen molar-refractivity contribution in [3.63, 3.8) is 0 Å². The molecule has 0 fully saturated rings. The Morgan fingerprint density at radius 1 is 1.37 bits per heavy atom. The fraction of sp³-hybridized carbons (Fsp3) is 0.533. The number of hydrogen-bond donors (Lipinski definition) is 0. The highest BCUT2D eigenvalue weighted by Gasteiger charge is 2.23. The van der Waals surface area contributed by atoms with E-state index in [1.165, 1.54) is 17.0 Å². The number of halogens is 1. The molecule has 0 aliphatic rings. The second-order valence-corrected chi connectivity index (χ2v) is 5.62. The molecular formula is C15H22FNO2. The van der Waals surface area contributed by atoms with Crippen LogP contribution < -0.4 is 4.90 Å². The number of nitrogens with zero attached hydrogens (tertiary/aromatic N) is 1. The van der Waals surface area contributed by atoms with Crippen molar-refractivity contribution in [2.45, 2.75) is 46.6 Å². The Morgan fingerprint density at radius 3 is 2.42 bits per heavy atom. The highest BCUT2D eigenvalue weighted by molar-refractivity contribution is 5.89. The molecule has 0 aliphatic heterocycles. The molecular weight excluding hydrogens is 245 g/mol. The molecule has 1 amide bonds. The Kier molecular flexibility index (Phi) is 4.56. The molecule has 1 rings (SSSR count). The van der Waals surface area contributed by atoms with Gasteiger partial charge in [0.25, 0.3) is 0 Å². The van der Waals surface area contributed by atoms with Crippen LogP contribution in [0.4, 0.5) is 14.9 Å². The maximum absolute atomic E-state index is 13.4. The van der Waals surface area contributed by atoms with Gasteiger partial charge in [0.15, 0.2) is 0 Å². The van der Waals surface area contributed by atoms with Gasteiger partial charge in [0.05, 0.1) is 5.69 Å². The quantitative estimate of drug-likeness (QED) is 0.808. The van der Waals surface area contributed by atoms with Crippen LogP contribution in [0.3, 0.4) is 0 Å². The summed E-state index contributed by atoms with van der Waals surface area (Å²) < 4.78 is 18.7. The molecule has 1 aromatic carbocycles. The molecule has 3 nitrogen and oxygen atoms in total. The average molecular weight is 267 g/mol. The molecule has 1 aromatic rings. The molecule has 0 unspecified atom stereocenters. The third kappa shape index (κ3) is 3.94. The topological polar surface area (TPSA) is 29.5 Å². The highest BCUT2D eigenvalue weighted by atomic mass is 19.1. The zero-order chi connectivity index (χ0) is 14.8. The van der Waals surface area contributed by atoms with Crippen molar-refractivity contribution in [2.24, 2.45) is 0 Å². The van der Waals surface area contributed by atoms with E-state index in [1.54, 1.807) is 14.0 Å².